The molecular weight excluding hydrogens is 222 g/mol. The standard InChI is InChI=1S/C7H11N3O2S2/c1-6-2-3-9-7(10-6)13-4-5-14(8,11)12/h2-3H,4-5H2,1H3,(H2,8,11,12). The monoisotopic (exact) mass is 233 g/mol. The maximum atomic E-state index is 10.6. The average molecular weight is 233 g/mol. The first-order chi connectivity index (χ1) is 6.47. The molecule has 0 aliphatic rings. The van der Waals surface area contributed by atoms with Gasteiger partial charge in [-0.15, -0.1) is 0 Å². The van der Waals surface area contributed by atoms with Gasteiger partial charge in [-0.3, -0.25) is 0 Å². The van der Waals surface area contributed by atoms with Gasteiger partial charge in [-0.2, -0.15) is 0 Å². The Morgan fingerprint density at radius 1 is 1.57 bits per heavy atom. The van der Waals surface area contributed by atoms with Gasteiger partial charge in [0.25, 0.3) is 0 Å². The molecule has 78 valence electrons. The van der Waals surface area contributed by atoms with Crippen LogP contribution in [0.25, 0.3) is 0 Å². The third-order valence-electron chi connectivity index (χ3n) is 1.37. The molecule has 0 bridgehead atoms. The number of rotatable bonds is 4. The van der Waals surface area contributed by atoms with Crippen molar-refractivity contribution >= 4 is 21.8 Å². The van der Waals surface area contributed by atoms with Gasteiger partial charge in [0, 0.05) is 17.6 Å². The molecule has 0 saturated heterocycles. The first kappa shape index (κ1) is 11.4. The maximum Gasteiger partial charge on any atom is 0.209 e. The van der Waals surface area contributed by atoms with E-state index in [1.165, 1.54) is 11.8 Å². The van der Waals surface area contributed by atoms with Gasteiger partial charge in [-0.1, -0.05) is 11.8 Å². The highest BCUT2D eigenvalue weighted by atomic mass is 32.2. The molecule has 0 aliphatic heterocycles. The lowest BCUT2D eigenvalue weighted by molar-refractivity contribution is 0.599. The predicted molar refractivity (Wildman–Crippen MR) is 55.5 cm³/mol. The molecule has 0 spiro atoms. The van der Waals surface area contributed by atoms with Gasteiger partial charge >= 0.3 is 0 Å². The minimum Gasteiger partial charge on any atom is -0.231 e. The second-order valence-electron chi connectivity index (χ2n) is 2.70. The zero-order valence-corrected chi connectivity index (χ0v) is 9.31. The first-order valence-corrected chi connectivity index (χ1v) is 6.60. The average Bonchev–Trinajstić information content (AvgIpc) is 2.01. The zero-order valence-electron chi connectivity index (χ0n) is 7.67. The number of aromatic nitrogens is 2. The van der Waals surface area contributed by atoms with Crippen molar-refractivity contribution in [3.05, 3.63) is 18.0 Å². The largest absolute Gasteiger partial charge is 0.231 e. The highest BCUT2D eigenvalue weighted by molar-refractivity contribution is 8.00. The Hall–Kier alpha value is -0.660. The van der Waals surface area contributed by atoms with E-state index in [9.17, 15) is 8.42 Å². The predicted octanol–water partition coefficient (Wildman–Crippen LogP) is 0.166. The maximum absolute atomic E-state index is 10.6. The molecule has 0 aliphatic carbocycles. The Labute approximate surface area is 87.2 Å². The second-order valence-corrected chi connectivity index (χ2v) is 5.49. The Morgan fingerprint density at radius 2 is 2.29 bits per heavy atom. The van der Waals surface area contributed by atoms with Gasteiger partial charge < -0.3 is 0 Å². The second kappa shape index (κ2) is 4.72. The summed E-state index contributed by atoms with van der Waals surface area (Å²) in [5.41, 5.74) is 0.859. The Kier molecular flexibility index (Phi) is 3.85. The number of hydrogen-bond acceptors (Lipinski definition) is 5. The van der Waals surface area contributed by atoms with Crippen LogP contribution in [0.1, 0.15) is 5.69 Å². The molecule has 1 rings (SSSR count). The van der Waals surface area contributed by atoms with Gasteiger partial charge in [0.15, 0.2) is 5.16 Å². The van der Waals surface area contributed by atoms with Crippen LogP contribution in [-0.2, 0) is 10.0 Å². The molecular formula is C7H11N3O2S2. The number of aryl methyl sites for hydroxylation is 1. The van der Waals surface area contributed by atoms with Crippen LogP contribution < -0.4 is 5.14 Å². The Bertz CT molecular complexity index is 405. The quantitative estimate of drug-likeness (QED) is 0.591. The molecule has 14 heavy (non-hydrogen) atoms. The van der Waals surface area contributed by atoms with E-state index in [0.717, 1.165) is 5.69 Å². The van der Waals surface area contributed by atoms with Crippen LogP contribution in [0.15, 0.2) is 17.4 Å². The van der Waals surface area contributed by atoms with E-state index in [0.29, 0.717) is 10.9 Å². The van der Waals surface area contributed by atoms with E-state index in [1.807, 2.05) is 6.92 Å². The lowest BCUT2D eigenvalue weighted by Gasteiger charge is -1.99. The summed E-state index contributed by atoms with van der Waals surface area (Å²) in [6, 6.07) is 1.78. The van der Waals surface area contributed by atoms with Crippen molar-refractivity contribution in [2.24, 2.45) is 5.14 Å². The molecule has 5 nitrogen and oxygen atoms in total. The summed E-state index contributed by atoms with van der Waals surface area (Å²) >= 11 is 1.28. The molecule has 1 aromatic rings. The van der Waals surface area contributed by atoms with Crippen LogP contribution in [0.3, 0.4) is 0 Å². The van der Waals surface area contributed by atoms with Crippen molar-refractivity contribution in [1.29, 1.82) is 0 Å². The Balaban J connectivity index is 2.47. The molecule has 0 aromatic carbocycles. The summed E-state index contributed by atoms with van der Waals surface area (Å²) in [5, 5.41) is 5.43. The summed E-state index contributed by atoms with van der Waals surface area (Å²) in [6.45, 7) is 1.85. The number of sulfonamides is 1. The Morgan fingerprint density at radius 3 is 2.86 bits per heavy atom. The molecule has 1 heterocycles. The summed E-state index contributed by atoms with van der Waals surface area (Å²) < 4.78 is 21.2. The molecule has 2 N–H and O–H groups in total. The lowest BCUT2D eigenvalue weighted by atomic mass is 10.5. The summed E-state index contributed by atoms with van der Waals surface area (Å²) in [7, 11) is -3.38. The van der Waals surface area contributed by atoms with Gasteiger partial charge in [0.1, 0.15) is 0 Å². The van der Waals surface area contributed by atoms with Crippen molar-refractivity contribution in [3.8, 4) is 0 Å². The number of nitrogens with two attached hydrogens (primary N) is 1. The van der Waals surface area contributed by atoms with Crippen LogP contribution in [0.4, 0.5) is 0 Å². The third kappa shape index (κ3) is 4.54. The summed E-state index contributed by atoms with van der Waals surface area (Å²) in [6.07, 6.45) is 1.64. The number of hydrogen-bond donors (Lipinski definition) is 1. The molecule has 0 atom stereocenters. The van der Waals surface area contributed by atoms with Crippen molar-refractivity contribution in [2.75, 3.05) is 11.5 Å². The van der Waals surface area contributed by atoms with Gasteiger partial charge in [0.05, 0.1) is 5.75 Å². The highest BCUT2D eigenvalue weighted by Gasteiger charge is 2.04. The van der Waals surface area contributed by atoms with Crippen LogP contribution in [0.5, 0.6) is 0 Å². The molecule has 0 fully saturated rings. The van der Waals surface area contributed by atoms with Crippen molar-refractivity contribution in [2.45, 2.75) is 12.1 Å². The zero-order chi connectivity index (χ0) is 10.6. The van der Waals surface area contributed by atoms with E-state index in [4.69, 9.17) is 5.14 Å². The molecule has 7 heteroatoms. The molecule has 0 unspecified atom stereocenters. The van der Waals surface area contributed by atoms with Crippen LogP contribution in [0, 0.1) is 6.92 Å². The topological polar surface area (TPSA) is 85.9 Å². The molecule has 0 amide bonds. The van der Waals surface area contributed by atoms with Crippen molar-refractivity contribution in [1.82, 2.24) is 9.97 Å². The van der Waals surface area contributed by atoms with Gasteiger partial charge in [-0.05, 0) is 13.0 Å². The van der Waals surface area contributed by atoms with Crippen molar-refractivity contribution < 1.29 is 8.42 Å². The van der Waals surface area contributed by atoms with Crippen LogP contribution in [-0.4, -0.2) is 29.9 Å². The fourth-order valence-electron chi connectivity index (χ4n) is 0.745. The van der Waals surface area contributed by atoms with E-state index >= 15 is 0 Å². The fourth-order valence-corrected chi connectivity index (χ4v) is 2.53. The minimum atomic E-state index is -3.38. The third-order valence-corrected chi connectivity index (χ3v) is 3.27. The first-order valence-electron chi connectivity index (χ1n) is 3.90. The van der Waals surface area contributed by atoms with E-state index < -0.39 is 10.0 Å². The SMILES string of the molecule is Cc1ccnc(SCCS(N)(=O)=O)n1. The smallest absolute Gasteiger partial charge is 0.209 e. The summed E-state index contributed by atoms with van der Waals surface area (Å²) in [4.78, 5) is 8.08. The number of primary sulfonamides is 1. The van der Waals surface area contributed by atoms with Gasteiger partial charge in [-0.25, -0.2) is 23.5 Å². The van der Waals surface area contributed by atoms with E-state index in [1.54, 1.807) is 12.3 Å². The van der Waals surface area contributed by atoms with E-state index in [2.05, 4.69) is 9.97 Å². The fraction of sp³-hybridized carbons (Fsp3) is 0.429. The van der Waals surface area contributed by atoms with Crippen LogP contribution in [0.2, 0.25) is 0 Å². The highest BCUT2D eigenvalue weighted by Crippen LogP contribution is 2.11. The van der Waals surface area contributed by atoms with Gasteiger partial charge in [0.2, 0.25) is 10.0 Å². The van der Waals surface area contributed by atoms with Crippen LogP contribution >= 0.6 is 11.8 Å². The molecule has 0 radical (unpaired) electrons. The van der Waals surface area contributed by atoms with E-state index in [-0.39, 0.29) is 5.75 Å². The minimum absolute atomic E-state index is 0.0605. The lowest BCUT2D eigenvalue weighted by Crippen LogP contribution is -2.17. The number of nitrogens with zero attached hydrogens (tertiary/aromatic N) is 2. The number of thioether (sulfide) groups is 1. The van der Waals surface area contributed by atoms with Crippen molar-refractivity contribution in [3.63, 3.8) is 0 Å². The normalized spacial score (nSPS) is 11.6. The molecule has 1 aromatic heterocycles. The molecule has 0 saturated carbocycles. The summed E-state index contributed by atoms with van der Waals surface area (Å²) in [5.74, 6) is 0.317.